The minimum absolute atomic E-state index is 0.0370. The normalized spacial score (nSPS) is 8.46. The van der Waals surface area contributed by atoms with Crippen LogP contribution < -0.4 is 17.2 Å². The maximum atomic E-state index is 8.62. The van der Waals surface area contributed by atoms with Crippen LogP contribution in [0, 0.1) is 0 Å². The van der Waals surface area contributed by atoms with Crippen LogP contribution >= 0.6 is 0 Å². The number of imidazole rings is 1. The van der Waals surface area contributed by atoms with Gasteiger partial charge in [0.2, 0.25) is 11.8 Å². The summed E-state index contributed by atoms with van der Waals surface area (Å²) < 4.78 is 1.54. The van der Waals surface area contributed by atoms with Crippen LogP contribution in [0.5, 0.6) is 5.88 Å². The Labute approximate surface area is 75.9 Å². The molecule has 0 spiro atoms. The molecular formula is C6H14N6O. The molecule has 1 aromatic heterocycles. The van der Waals surface area contributed by atoms with Gasteiger partial charge in [0, 0.05) is 14.1 Å². The van der Waals surface area contributed by atoms with Gasteiger partial charge in [-0.1, -0.05) is 0 Å². The third-order valence-corrected chi connectivity index (χ3v) is 1.16. The van der Waals surface area contributed by atoms with Crippen LogP contribution in [0.4, 0.5) is 5.95 Å². The molecule has 7 N–H and O–H groups in total. The van der Waals surface area contributed by atoms with Crippen molar-refractivity contribution in [2.75, 3.05) is 12.8 Å². The number of aromatic nitrogens is 2. The zero-order valence-electron chi connectivity index (χ0n) is 7.60. The van der Waals surface area contributed by atoms with Crippen molar-refractivity contribution >= 4 is 11.9 Å². The van der Waals surface area contributed by atoms with Crippen molar-refractivity contribution in [3.8, 4) is 5.88 Å². The topological polar surface area (TPSA) is 128 Å². The maximum Gasteiger partial charge on any atom is 0.230 e. The summed E-state index contributed by atoms with van der Waals surface area (Å²) in [5.41, 5.74) is 14.9. The van der Waals surface area contributed by atoms with Gasteiger partial charge in [-0.15, -0.1) is 0 Å². The maximum absolute atomic E-state index is 8.62. The van der Waals surface area contributed by atoms with Crippen molar-refractivity contribution in [3.05, 3.63) is 6.20 Å². The highest BCUT2D eigenvalue weighted by molar-refractivity contribution is 5.75. The molecule has 1 rings (SSSR count). The van der Waals surface area contributed by atoms with Crippen molar-refractivity contribution in [3.63, 3.8) is 0 Å². The standard InChI is InChI=1S/C4H7N3O.C2H7N3/c1-7-2-3(8)6-4(7)5;1-5-2(3)4/h2,8H,1H3,(H2,5,6);1H3,(H4,3,4,5). The zero-order chi connectivity index (χ0) is 10.4. The highest BCUT2D eigenvalue weighted by Crippen LogP contribution is 2.06. The Hall–Kier alpha value is -1.92. The lowest BCUT2D eigenvalue weighted by molar-refractivity contribution is 0.456. The van der Waals surface area contributed by atoms with Crippen LogP contribution in [0.25, 0.3) is 0 Å². The second kappa shape index (κ2) is 4.86. The van der Waals surface area contributed by atoms with Crippen molar-refractivity contribution < 1.29 is 5.11 Å². The fourth-order valence-electron chi connectivity index (χ4n) is 0.464. The smallest absolute Gasteiger partial charge is 0.230 e. The minimum Gasteiger partial charge on any atom is -0.492 e. The van der Waals surface area contributed by atoms with E-state index in [0.29, 0.717) is 5.95 Å². The van der Waals surface area contributed by atoms with Gasteiger partial charge in [-0.05, 0) is 0 Å². The molecule has 7 heteroatoms. The summed E-state index contributed by atoms with van der Waals surface area (Å²) in [7, 11) is 3.25. The van der Waals surface area contributed by atoms with E-state index in [1.54, 1.807) is 7.05 Å². The number of hydrogen-bond donors (Lipinski definition) is 4. The molecule has 0 saturated carbocycles. The van der Waals surface area contributed by atoms with Gasteiger partial charge in [0.1, 0.15) is 0 Å². The Bertz CT molecular complexity index is 268. The number of nitrogens with zero attached hydrogens (tertiary/aromatic N) is 3. The Kier molecular flexibility index (Phi) is 4.14. The zero-order valence-corrected chi connectivity index (χ0v) is 7.60. The van der Waals surface area contributed by atoms with Gasteiger partial charge in [0.15, 0.2) is 5.96 Å². The highest BCUT2D eigenvalue weighted by atomic mass is 16.3. The van der Waals surface area contributed by atoms with E-state index in [4.69, 9.17) is 22.3 Å². The number of aryl methyl sites for hydroxylation is 1. The van der Waals surface area contributed by atoms with Gasteiger partial charge in [-0.25, -0.2) is 0 Å². The predicted molar refractivity (Wildman–Crippen MR) is 51.0 cm³/mol. The van der Waals surface area contributed by atoms with Crippen LogP contribution in [-0.4, -0.2) is 27.7 Å². The number of aromatic hydroxyl groups is 1. The molecule has 0 saturated heterocycles. The second-order valence-corrected chi connectivity index (χ2v) is 2.22. The lowest BCUT2D eigenvalue weighted by Crippen LogP contribution is -2.21. The van der Waals surface area contributed by atoms with E-state index in [-0.39, 0.29) is 11.8 Å². The molecular weight excluding hydrogens is 172 g/mol. The van der Waals surface area contributed by atoms with Crippen molar-refractivity contribution in [2.24, 2.45) is 23.5 Å². The number of rotatable bonds is 0. The number of aliphatic imine (C=N–C) groups is 1. The van der Waals surface area contributed by atoms with Crippen LogP contribution in [-0.2, 0) is 7.05 Å². The summed E-state index contributed by atoms with van der Waals surface area (Å²) in [6.45, 7) is 0. The van der Waals surface area contributed by atoms with Crippen molar-refractivity contribution in [1.82, 2.24) is 9.55 Å². The summed E-state index contributed by atoms with van der Waals surface area (Å²) in [5, 5.41) is 8.62. The highest BCUT2D eigenvalue weighted by Gasteiger charge is 1.95. The predicted octanol–water partition coefficient (Wildman–Crippen LogP) is -1.40. The van der Waals surface area contributed by atoms with E-state index in [0.717, 1.165) is 0 Å². The van der Waals surface area contributed by atoms with Gasteiger partial charge < -0.3 is 26.9 Å². The fraction of sp³-hybridized carbons (Fsp3) is 0.333. The molecule has 0 aliphatic heterocycles. The molecule has 0 aliphatic rings. The first-order chi connectivity index (χ1) is 5.97. The van der Waals surface area contributed by atoms with Gasteiger partial charge in [0.25, 0.3) is 0 Å². The monoisotopic (exact) mass is 186 g/mol. The Balaban J connectivity index is 0.000000252. The van der Waals surface area contributed by atoms with Gasteiger partial charge in [-0.3, -0.25) is 4.99 Å². The van der Waals surface area contributed by atoms with Crippen LogP contribution in [0.2, 0.25) is 0 Å². The van der Waals surface area contributed by atoms with Gasteiger partial charge >= 0.3 is 0 Å². The summed E-state index contributed by atoms with van der Waals surface area (Å²) in [6.07, 6.45) is 1.44. The average Bonchev–Trinajstić information content (AvgIpc) is 2.31. The van der Waals surface area contributed by atoms with Crippen molar-refractivity contribution in [2.45, 2.75) is 0 Å². The van der Waals surface area contributed by atoms with E-state index in [2.05, 4.69) is 9.98 Å². The van der Waals surface area contributed by atoms with Crippen LogP contribution in [0.1, 0.15) is 0 Å². The number of guanidine groups is 1. The number of hydrogen-bond acceptors (Lipinski definition) is 4. The van der Waals surface area contributed by atoms with E-state index in [9.17, 15) is 0 Å². The largest absolute Gasteiger partial charge is 0.492 e. The van der Waals surface area contributed by atoms with Gasteiger partial charge in [-0.2, -0.15) is 4.98 Å². The first-order valence-corrected chi connectivity index (χ1v) is 3.43. The minimum atomic E-state index is -0.0370. The third-order valence-electron chi connectivity index (χ3n) is 1.16. The molecule has 0 atom stereocenters. The summed E-state index contributed by atoms with van der Waals surface area (Å²) in [5.74, 6) is 0.414. The SMILES string of the molecule is CN=C(N)N.Cn1cc(O)nc1N. The van der Waals surface area contributed by atoms with E-state index >= 15 is 0 Å². The number of nitrogen functional groups attached to an aromatic ring is 1. The lowest BCUT2D eigenvalue weighted by Gasteiger charge is -1.86. The molecule has 0 aromatic carbocycles. The quantitative estimate of drug-likeness (QED) is 0.292. The molecule has 0 fully saturated rings. The molecule has 1 heterocycles. The number of anilines is 1. The summed E-state index contributed by atoms with van der Waals surface area (Å²) in [4.78, 5) is 6.87. The first-order valence-electron chi connectivity index (χ1n) is 3.43. The Morgan fingerprint density at radius 2 is 2.08 bits per heavy atom. The second-order valence-electron chi connectivity index (χ2n) is 2.22. The molecule has 0 bridgehead atoms. The molecule has 1 aromatic rings. The summed E-state index contributed by atoms with van der Waals surface area (Å²) >= 11 is 0. The van der Waals surface area contributed by atoms with E-state index < -0.39 is 0 Å². The molecule has 0 unspecified atom stereocenters. The molecule has 0 radical (unpaired) electrons. The molecule has 13 heavy (non-hydrogen) atoms. The molecule has 0 aliphatic carbocycles. The molecule has 0 amide bonds. The molecule has 74 valence electrons. The van der Waals surface area contributed by atoms with Gasteiger partial charge in [0.05, 0.1) is 6.20 Å². The Morgan fingerprint density at radius 3 is 2.15 bits per heavy atom. The molecule has 7 nitrogen and oxygen atoms in total. The lowest BCUT2D eigenvalue weighted by atomic mass is 10.8. The summed E-state index contributed by atoms with van der Waals surface area (Å²) in [6, 6.07) is 0. The van der Waals surface area contributed by atoms with Crippen LogP contribution in [0.3, 0.4) is 0 Å². The average molecular weight is 186 g/mol. The first kappa shape index (κ1) is 11.1. The fourth-order valence-corrected chi connectivity index (χ4v) is 0.464. The van der Waals surface area contributed by atoms with Crippen molar-refractivity contribution in [1.29, 1.82) is 0 Å². The van der Waals surface area contributed by atoms with E-state index in [1.165, 1.54) is 17.8 Å². The number of nitrogens with two attached hydrogens (primary N) is 3. The Morgan fingerprint density at radius 1 is 1.62 bits per heavy atom. The third kappa shape index (κ3) is 4.51. The van der Waals surface area contributed by atoms with Crippen LogP contribution in [0.15, 0.2) is 11.2 Å². The van der Waals surface area contributed by atoms with E-state index in [1.807, 2.05) is 0 Å².